The minimum absolute atomic E-state index is 0.128. The van der Waals surface area contributed by atoms with Crippen molar-refractivity contribution in [3.63, 3.8) is 0 Å². The number of Topliss-reactive ketones (excluding diaryl/α,β-unsaturated/α-hetero) is 1. The number of carbonyl (C=O) groups is 1. The number of hydrogen-bond donors (Lipinski definition) is 1. The monoisotopic (exact) mass is 160 g/mol. The highest BCUT2D eigenvalue weighted by molar-refractivity contribution is 6.29. The van der Waals surface area contributed by atoms with Crippen LogP contribution in [0.15, 0.2) is 0 Å². The standard InChI is InChI=1S/C7H11ClNO/c8-5-7(10)6-1-3-9-4-2-6/h9H,1-5H2. The Kier molecular flexibility index (Phi) is 3.16. The van der Waals surface area contributed by atoms with Crippen LogP contribution in [0.3, 0.4) is 0 Å². The SMILES string of the molecule is O=C(CCl)[C]1CCNCC1. The van der Waals surface area contributed by atoms with E-state index in [0.717, 1.165) is 31.8 Å². The maximum absolute atomic E-state index is 11.0. The van der Waals surface area contributed by atoms with Crippen LogP contribution in [0.4, 0.5) is 0 Å². The molecule has 10 heavy (non-hydrogen) atoms. The summed E-state index contributed by atoms with van der Waals surface area (Å²) in [6.07, 6.45) is 1.76. The molecule has 0 unspecified atom stereocenters. The molecule has 0 atom stereocenters. The van der Waals surface area contributed by atoms with Crippen molar-refractivity contribution in [2.75, 3.05) is 19.0 Å². The summed E-state index contributed by atoms with van der Waals surface area (Å²) in [6.45, 7) is 1.86. The molecule has 1 radical (unpaired) electrons. The van der Waals surface area contributed by atoms with Gasteiger partial charge in [0.25, 0.3) is 0 Å². The van der Waals surface area contributed by atoms with E-state index in [-0.39, 0.29) is 11.7 Å². The molecule has 1 rings (SSSR count). The summed E-state index contributed by atoms with van der Waals surface area (Å²) in [4.78, 5) is 11.0. The van der Waals surface area contributed by atoms with Gasteiger partial charge in [0, 0.05) is 5.92 Å². The summed E-state index contributed by atoms with van der Waals surface area (Å²) in [6, 6.07) is 0. The third kappa shape index (κ3) is 1.96. The van der Waals surface area contributed by atoms with Crippen LogP contribution in [0.2, 0.25) is 0 Å². The molecule has 0 amide bonds. The predicted octanol–water partition coefficient (Wildman–Crippen LogP) is 0.752. The second kappa shape index (κ2) is 3.94. The molecule has 1 heterocycles. The molecule has 1 fully saturated rings. The van der Waals surface area contributed by atoms with Crippen LogP contribution in [0.5, 0.6) is 0 Å². The van der Waals surface area contributed by atoms with Crippen LogP contribution in [-0.4, -0.2) is 24.8 Å². The highest BCUT2D eigenvalue weighted by Gasteiger charge is 2.19. The third-order valence-electron chi connectivity index (χ3n) is 1.72. The molecule has 0 aliphatic carbocycles. The van der Waals surface area contributed by atoms with Crippen molar-refractivity contribution in [3.8, 4) is 0 Å². The van der Waals surface area contributed by atoms with Gasteiger partial charge in [0.15, 0.2) is 5.78 Å². The van der Waals surface area contributed by atoms with E-state index in [1.165, 1.54) is 0 Å². The average molecular weight is 161 g/mol. The molecule has 1 aliphatic rings. The molecular weight excluding hydrogens is 150 g/mol. The van der Waals surface area contributed by atoms with Crippen molar-refractivity contribution in [1.29, 1.82) is 0 Å². The van der Waals surface area contributed by atoms with E-state index in [9.17, 15) is 4.79 Å². The van der Waals surface area contributed by atoms with Gasteiger partial charge in [-0.3, -0.25) is 4.79 Å². The van der Waals surface area contributed by atoms with Gasteiger partial charge in [0.2, 0.25) is 0 Å². The maximum atomic E-state index is 11.0. The topological polar surface area (TPSA) is 29.1 Å². The van der Waals surface area contributed by atoms with Gasteiger partial charge in [-0.25, -0.2) is 0 Å². The van der Waals surface area contributed by atoms with Crippen LogP contribution < -0.4 is 5.32 Å². The van der Waals surface area contributed by atoms with Gasteiger partial charge in [-0.1, -0.05) is 0 Å². The summed E-state index contributed by atoms with van der Waals surface area (Å²) >= 11 is 5.39. The average Bonchev–Trinajstić information content (AvgIpc) is 2.05. The largest absolute Gasteiger partial charge is 0.317 e. The number of rotatable bonds is 2. The number of ketones is 1. The predicted molar refractivity (Wildman–Crippen MR) is 41.1 cm³/mol. The minimum Gasteiger partial charge on any atom is -0.317 e. The third-order valence-corrected chi connectivity index (χ3v) is 1.97. The lowest BCUT2D eigenvalue weighted by atomic mass is 9.95. The first-order valence-electron chi connectivity index (χ1n) is 3.49. The van der Waals surface area contributed by atoms with Gasteiger partial charge in [-0.05, 0) is 25.9 Å². The number of nitrogens with one attached hydrogen (secondary N) is 1. The first kappa shape index (κ1) is 8.02. The molecule has 0 bridgehead atoms. The van der Waals surface area contributed by atoms with E-state index < -0.39 is 0 Å². The van der Waals surface area contributed by atoms with Crippen molar-refractivity contribution in [1.82, 2.24) is 5.32 Å². The zero-order valence-electron chi connectivity index (χ0n) is 5.82. The Labute approximate surface area is 65.9 Å². The van der Waals surface area contributed by atoms with E-state index in [4.69, 9.17) is 11.6 Å². The van der Waals surface area contributed by atoms with Crippen molar-refractivity contribution >= 4 is 17.4 Å². The van der Waals surface area contributed by atoms with E-state index in [2.05, 4.69) is 5.32 Å². The van der Waals surface area contributed by atoms with Crippen molar-refractivity contribution < 1.29 is 4.79 Å². The van der Waals surface area contributed by atoms with Crippen LogP contribution >= 0.6 is 11.6 Å². The fourth-order valence-corrected chi connectivity index (χ4v) is 1.29. The zero-order chi connectivity index (χ0) is 7.40. The Balaban J connectivity index is 2.31. The molecule has 0 aromatic heterocycles. The Morgan fingerprint density at radius 2 is 2.10 bits per heavy atom. The molecule has 1 N–H and O–H groups in total. The lowest BCUT2D eigenvalue weighted by Crippen LogP contribution is -2.30. The van der Waals surface area contributed by atoms with Gasteiger partial charge in [-0.2, -0.15) is 0 Å². The molecule has 0 aromatic rings. The first-order valence-corrected chi connectivity index (χ1v) is 4.02. The summed E-state index contributed by atoms with van der Waals surface area (Å²) in [5.41, 5.74) is 0. The number of hydrogen-bond acceptors (Lipinski definition) is 2. The number of alkyl halides is 1. The van der Waals surface area contributed by atoms with Crippen LogP contribution in [-0.2, 0) is 4.79 Å². The number of piperidine rings is 1. The fourth-order valence-electron chi connectivity index (χ4n) is 1.10. The second-order valence-corrected chi connectivity index (χ2v) is 2.68. The van der Waals surface area contributed by atoms with Crippen molar-refractivity contribution in [2.24, 2.45) is 0 Å². The number of halogens is 1. The second-order valence-electron chi connectivity index (χ2n) is 2.41. The smallest absolute Gasteiger partial charge is 0.154 e. The lowest BCUT2D eigenvalue weighted by molar-refractivity contribution is -0.115. The van der Waals surface area contributed by atoms with E-state index in [1.807, 2.05) is 0 Å². The van der Waals surface area contributed by atoms with E-state index >= 15 is 0 Å². The highest BCUT2D eigenvalue weighted by Crippen LogP contribution is 2.15. The molecule has 0 spiro atoms. The van der Waals surface area contributed by atoms with Gasteiger partial charge in [-0.15, -0.1) is 11.6 Å². The van der Waals surface area contributed by atoms with Crippen LogP contribution in [0.25, 0.3) is 0 Å². The molecular formula is C7H11ClNO. The van der Waals surface area contributed by atoms with Gasteiger partial charge in [0.05, 0.1) is 5.88 Å². The van der Waals surface area contributed by atoms with Crippen LogP contribution in [0, 0.1) is 5.92 Å². The maximum Gasteiger partial charge on any atom is 0.154 e. The summed E-state index contributed by atoms with van der Waals surface area (Å²) in [7, 11) is 0. The van der Waals surface area contributed by atoms with Gasteiger partial charge < -0.3 is 5.32 Å². The Morgan fingerprint density at radius 3 is 2.60 bits per heavy atom. The van der Waals surface area contributed by atoms with Gasteiger partial charge in [0.1, 0.15) is 0 Å². The molecule has 3 heteroatoms. The minimum atomic E-state index is 0.128. The summed E-state index contributed by atoms with van der Waals surface area (Å²) in [5, 5.41) is 3.18. The first-order chi connectivity index (χ1) is 4.84. The molecule has 1 saturated heterocycles. The Bertz CT molecular complexity index is 121. The Hall–Kier alpha value is -0.0800. The normalized spacial score (nSPS) is 20.9. The number of carbonyl (C=O) groups excluding carboxylic acids is 1. The molecule has 2 nitrogen and oxygen atoms in total. The molecule has 57 valence electrons. The zero-order valence-corrected chi connectivity index (χ0v) is 6.58. The highest BCUT2D eigenvalue weighted by atomic mass is 35.5. The summed E-state index contributed by atoms with van der Waals surface area (Å²) in [5.74, 6) is 1.28. The summed E-state index contributed by atoms with van der Waals surface area (Å²) < 4.78 is 0. The quantitative estimate of drug-likeness (QED) is 0.605. The Morgan fingerprint density at radius 1 is 1.50 bits per heavy atom. The van der Waals surface area contributed by atoms with E-state index in [1.54, 1.807) is 0 Å². The van der Waals surface area contributed by atoms with E-state index in [0.29, 0.717) is 0 Å². The molecule has 1 aliphatic heterocycles. The van der Waals surface area contributed by atoms with Crippen molar-refractivity contribution in [2.45, 2.75) is 12.8 Å². The fraction of sp³-hybridized carbons (Fsp3) is 0.714. The van der Waals surface area contributed by atoms with Crippen LogP contribution in [0.1, 0.15) is 12.8 Å². The molecule has 0 aromatic carbocycles. The van der Waals surface area contributed by atoms with Gasteiger partial charge >= 0.3 is 0 Å². The molecule has 0 saturated carbocycles. The van der Waals surface area contributed by atoms with Crippen molar-refractivity contribution in [3.05, 3.63) is 5.92 Å². The lowest BCUT2D eigenvalue weighted by Gasteiger charge is -2.19.